The Morgan fingerprint density at radius 1 is 0.784 bits per heavy atom. The Morgan fingerprint density at radius 2 is 1.27 bits per heavy atom. The Balaban J connectivity index is 1.64. The van der Waals surface area contributed by atoms with Crippen molar-refractivity contribution in [3.05, 3.63) is 148 Å². The average molecular weight is 502 g/mol. The van der Waals surface area contributed by atoms with Gasteiger partial charge in [-0.3, -0.25) is 4.79 Å². The molecule has 0 fully saturated rings. The summed E-state index contributed by atoms with van der Waals surface area (Å²) in [5.41, 5.74) is 2.61. The molecule has 0 aliphatic heterocycles. The third-order valence-electron chi connectivity index (χ3n) is 6.14. The van der Waals surface area contributed by atoms with Gasteiger partial charge in [-0.15, -0.1) is 0 Å². The number of hydrogen-bond donors (Lipinski definition) is 1. The molecule has 5 aromatic rings. The second-order valence-electron chi connectivity index (χ2n) is 8.32. The van der Waals surface area contributed by atoms with Gasteiger partial charge < -0.3 is 9.72 Å². The second-order valence-corrected chi connectivity index (χ2v) is 9.11. The normalized spacial score (nSPS) is 11.0. The highest BCUT2D eigenvalue weighted by Crippen LogP contribution is 2.41. The summed E-state index contributed by atoms with van der Waals surface area (Å²) >= 11 is 1.31. The lowest BCUT2D eigenvalue weighted by molar-refractivity contribution is 0.155. The van der Waals surface area contributed by atoms with Crippen LogP contribution in [0.25, 0.3) is 11.3 Å². The van der Waals surface area contributed by atoms with Gasteiger partial charge in [0.25, 0.3) is 5.56 Å². The van der Waals surface area contributed by atoms with Crippen LogP contribution in [0.1, 0.15) is 22.3 Å². The minimum Gasteiger partial charge on any atom is -0.473 e. The number of H-pyrrole nitrogens is 1. The third-order valence-corrected chi connectivity index (χ3v) is 6.72. The number of nitrogens with zero attached hydrogens (tertiary/aromatic N) is 2. The van der Waals surface area contributed by atoms with E-state index in [1.165, 1.54) is 11.8 Å². The van der Waals surface area contributed by atoms with E-state index in [1.54, 1.807) is 0 Å². The number of nitrogens with one attached hydrogen (secondary N) is 1. The molecule has 0 aliphatic carbocycles. The molecule has 1 aromatic heterocycles. The molecular weight excluding hydrogens is 478 g/mol. The van der Waals surface area contributed by atoms with Gasteiger partial charge in [0.05, 0.1) is 5.69 Å². The molecular formula is C31H23N3O2S. The van der Waals surface area contributed by atoms with Gasteiger partial charge in [-0.1, -0.05) is 103 Å². The van der Waals surface area contributed by atoms with Crippen LogP contribution >= 0.6 is 11.8 Å². The largest absolute Gasteiger partial charge is 0.473 e. The van der Waals surface area contributed by atoms with Gasteiger partial charge in [0.2, 0.25) is 0 Å². The fourth-order valence-corrected chi connectivity index (χ4v) is 4.79. The van der Waals surface area contributed by atoms with E-state index in [0.29, 0.717) is 22.2 Å². The molecule has 1 N–H and O–H groups in total. The van der Waals surface area contributed by atoms with Crippen molar-refractivity contribution in [1.29, 1.82) is 5.26 Å². The summed E-state index contributed by atoms with van der Waals surface area (Å²) in [6.45, 7) is 0. The summed E-state index contributed by atoms with van der Waals surface area (Å²) in [5.74, 6) is 0.633. The Kier molecular flexibility index (Phi) is 6.89. The lowest BCUT2D eigenvalue weighted by Gasteiger charge is -2.36. The number of rotatable bonds is 7. The van der Waals surface area contributed by atoms with Crippen molar-refractivity contribution in [2.45, 2.75) is 10.8 Å². The molecule has 0 spiro atoms. The Bertz CT molecular complexity index is 1500. The van der Waals surface area contributed by atoms with Gasteiger partial charge in [-0.05, 0) is 30.5 Å². The number of benzene rings is 4. The van der Waals surface area contributed by atoms with E-state index in [4.69, 9.17) is 4.74 Å². The van der Waals surface area contributed by atoms with E-state index in [0.717, 1.165) is 16.7 Å². The average Bonchev–Trinajstić information content (AvgIpc) is 2.97. The van der Waals surface area contributed by atoms with Crippen molar-refractivity contribution < 1.29 is 4.74 Å². The number of thioether (sulfide) groups is 1. The SMILES string of the molecule is CSc1nc(-c2ccc(OC(c3ccccc3)(c3ccccc3)c3ccccc3)cc2)c(C#N)c(=O)[nH]1. The Morgan fingerprint density at radius 3 is 1.70 bits per heavy atom. The summed E-state index contributed by atoms with van der Waals surface area (Å²) in [7, 11) is 0. The van der Waals surface area contributed by atoms with Crippen LogP contribution in [0.4, 0.5) is 0 Å². The maximum Gasteiger partial charge on any atom is 0.270 e. The molecule has 0 radical (unpaired) electrons. The summed E-state index contributed by atoms with van der Waals surface area (Å²) in [6, 6.07) is 39.8. The van der Waals surface area contributed by atoms with Crippen molar-refractivity contribution in [3.8, 4) is 23.1 Å². The molecule has 0 unspecified atom stereocenters. The number of aromatic amines is 1. The highest BCUT2D eigenvalue weighted by Gasteiger charge is 2.38. The molecule has 180 valence electrons. The first-order chi connectivity index (χ1) is 18.2. The minimum atomic E-state index is -0.905. The quantitative estimate of drug-likeness (QED) is 0.159. The molecule has 6 heteroatoms. The Hall–Kier alpha value is -4.60. The highest BCUT2D eigenvalue weighted by atomic mass is 32.2. The fraction of sp³-hybridized carbons (Fsp3) is 0.0645. The van der Waals surface area contributed by atoms with Gasteiger partial charge in [0.1, 0.15) is 17.4 Å². The van der Waals surface area contributed by atoms with Crippen molar-refractivity contribution >= 4 is 11.8 Å². The minimum absolute atomic E-state index is 0.0151. The molecule has 5 nitrogen and oxygen atoms in total. The van der Waals surface area contributed by atoms with Crippen LogP contribution in [0, 0.1) is 11.3 Å². The summed E-state index contributed by atoms with van der Waals surface area (Å²) in [4.78, 5) is 19.5. The first-order valence-electron chi connectivity index (χ1n) is 11.7. The lowest BCUT2D eigenvalue weighted by Crippen LogP contribution is -2.36. The lowest BCUT2D eigenvalue weighted by atomic mass is 9.80. The van der Waals surface area contributed by atoms with E-state index in [1.807, 2.05) is 91.2 Å². The van der Waals surface area contributed by atoms with Crippen molar-refractivity contribution in [1.82, 2.24) is 9.97 Å². The highest BCUT2D eigenvalue weighted by molar-refractivity contribution is 7.98. The smallest absolute Gasteiger partial charge is 0.270 e. The number of ether oxygens (including phenoxy) is 1. The van der Waals surface area contributed by atoms with Crippen LogP contribution < -0.4 is 10.3 Å². The van der Waals surface area contributed by atoms with Gasteiger partial charge in [0.15, 0.2) is 10.8 Å². The van der Waals surface area contributed by atoms with Crippen LogP contribution in [0.15, 0.2) is 125 Å². The van der Waals surface area contributed by atoms with E-state index < -0.39 is 11.2 Å². The van der Waals surface area contributed by atoms with E-state index in [2.05, 4.69) is 46.4 Å². The third kappa shape index (κ3) is 4.65. The maximum absolute atomic E-state index is 12.4. The first kappa shape index (κ1) is 24.1. The topological polar surface area (TPSA) is 78.8 Å². The standard InChI is InChI=1S/C31H23N3O2S/c1-37-30-33-28(27(21-32)29(35)34-30)22-17-19-26(20-18-22)36-31(23-11-5-2-6-12-23,24-13-7-3-8-14-24)25-15-9-4-10-16-25/h2-20H,1H3,(H,33,34,35). The molecule has 0 saturated heterocycles. The van der Waals surface area contributed by atoms with Gasteiger partial charge in [0, 0.05) is 22.3 Å². The zero-order valence-corrected chi connectivity index (χ0v) is 20.9. The Labute approximate surface area is 219 Å². The molecule has 0 aliphatic rings. The van der Waals surface area contributed by atoms with Crippen molar-refractivity contribution in [2.24, 2.45) is 0 Å². The number of nitriles is 1. The van der Waals surface area contributed by atoms with Crippen molar-refractivity contribution in [3.63, 3.8) is 0 Å². The number of aromatic nitrogens is 2. The maximum atomic E-state index is 12.4. The molecule has 37 heavy (non-hydrogen) atoms. The van der Waals surface area contributed by atoms with E-state index in [9.17, 15) is 10.1 Å². The van der Waals surface area contributed by atoms with Gasteiger partial charge in [-0.2, -0.15) is 5.26 Å². The predicted octanol–water partition coefficient (Wildman–Crippen LogP) is 6.40. The second kappa shape index (κ2) is 10.6. The van der Waals surface area contributed by atoms with Crippen LogP contribution in [0.5, 0.6) is 5.75 Å². The zero-order chi connectivity index (χ0) is 25.7. The van der Waals surface area contributed by atoms with Gasteiger partial charge in [-0.25, -0.2) is 4.98 Å². The molecule has 1 heterocycles. The van der Waals surface area contributed by atoms with Crippen LogP contribution in [-0.2, 0) is 5.60 Å². The first-order valence-corrected chi connectivity index (χ1v) is 12.9. The van der Waals surface area contributed by atoms with Crippen molar-refractivity contribution in [2.75, 3.05) is 6.26 Å². The monoisotopic (exact) mass is 501 g/mol. The zero-order valence-electron chi connectivity index (χ0n) is 20.1. The summed E-state index contributed by atoms with van der Waals surface area (Å²) < 4.78 is 6.92. The summed E-state index contributed by atoms with van der Waals surface area (Å²) in [5, 5.41) is 10.0. The molecule has 0 saturated carbocycles. The number of hydrogen-bond acceptors (Lipinski definition) is 5. The molecule has 0 amide bonds. The van der Waals surface area contributed by atoms with E-state index >= 15 is 0 Å². The molecule has 4 aromatic carbocycles. The van der Waals surface area contributed by atoms with Crippen LogP contribution in [0.2, 0.25) is 0 Å². The van der Waals surface area contributed by atoms with E-state index in [-0.39, 0.29) is 5.56 Å². The summed E-state index contributed by atoms with van der Waals surface area (Å²) in [6.07, 6.45) is 1.82. The van der Waals surface area contributed by atoms with Crippen LogP contribution in [0.3, 0.4) is 0 Å². The van der Waals surface area contributed by atoms with Gasteiger partial charge >= 0.3 is 0 Å². The molecule has 0 atom stereocenters. The molecule has 5 rings (SSSR count). The fourth-order valence-electron chi connectivity index (χ4n) is 4.41. The predicted molar refractivity (Wildman–Crippen MR) is 147 cm³/mol. The van der Waals surface area contributed by atoms with Crippen LogP contribution in [-0.4, -0.2) is 16.2 Å². The molecule has 0 bridgehead atoms.